The van der Waals surface area contributed by atoms with E-state index in [9.17, 15) is 15.0 Å². The molecule has 5 nitrogen and oxygen atoms in total. The van der Waals surface area contributed by atoms with E-state index in [0.29, 0.717) is 24.8 Å². The third-order valence-electron chi connectivity index (χ3n) is 11.9. The smallest absolute Gasteiger partial charge is 0.321 e. The van der Waals surface area contributed by atoms with Crippen LogP contribution >= 0.6 is 0 Å². The molecule has 6 aliphatic rings. The van der Waals surface area contributed by atoms with Crippen LogP contribution < -0.4 is 0 Å². The average Bonchev–Trinajstić information content (AvgIpc) is 3.59. The lowest BCUT2D eigenvalue weighted by Crippen LogP contribution is -2.56. The Bertz CT molecular complexity index is 1430. The zero-order valence-electron chi connectivity index (χ0n) is 22.8. The topological polar surface area (TPSA) is 70.0 Å². The van der Waals surface area contributed by atoms with E-state index >= 15 is 0 Å². The molecule has 2 bridgehead atoms. The number of nitrogens with zero attached hydrogens (tertiary/aromatic N) is 1. The van der Waals surface area contributed by atoms with Gasteiger partial charge in [-0.25, -0.2) is 0 Å². The summed E-state index contributed by atoms with van der Waals surface area (Å²) in [5, 5.41) is 22.8. The number of hydrogen-bond donors (Lipinski definition) is 2. The van der Waals surface area contributed by atoms with Crippen molar-refractivity contribution in [3.8, 4) is 0 Å². The fraction of sp³-hybridized carbons (Fsp3) is 0.559. The first-order chi connectivity index (χ1) is 18.8. The zero-order chi connectivity index (χ0) is 26.6. The molecule has 4 fully saturated rings. The molecule has 2 saturated heterocycles. The number of carboxylic acid groups (broad SMARTS) is 1. The summed E-state index contributed by atoms with van der Waals surface area (Å²) in [4.78, 5) is 14.1. The minimum atomic E-state index is -0.809. The van der Waals surface area contributed by atoms with Crippen molar-refractivity contribution >= 4 is 16.7 Å². The highest BCUT2D eigenvalue weighted by Gasteiger charge is 2.67. The highest BCUT2D eigenvalue weighted by atomic mass is 16.5. The van der Waals surface area contributed by atoms with Gasteiger partial charge in [0.2, 0.25) is 0 Å². The van der Waals surface area contributed by atoms with Crippen molar-refractivity contribution in [3.63, 3.8) is 0 Å². The predicted molar refractivity (Wildman–Crippen MR) is 150 cm³/mol. The second-order valence-corrected chi connectivity index (χ2v) is 13.7. The molecular formula is C34H39NO4. The number of aliphatic hydroxyl groups is 1. The molecule has 2 spiro atoms. The fourth-order valence-corrected chi connectivity index (χ4v) is 10.1. The Morgan fingerprint density at radius 3 is 2.77 bits per heavy atom. The number of carboxylic acids is 1. The van der Waals surface area contributed by atoms with Crippen molar-refractivity contribution in [2.75, 3.05) is 6.54 Å². The molecular weight excluding hydrogens is 486 g/mol. The number of benzene rings is 2. The van der Waals surface area contributed by atoms with E-state index in [4.69, 9.17) is 4.74 Å². The van der Waals surface area contributed by atoms with Gasteiger partial charge in [-0.3, -0.25) is 9.69 Å². The summed E-state index contributed by atoms with van der Waals surface area (Å²) in [6.07, 6.45) is 13.1. The summed E-state index contributed by atoms with van der Waals surface area (Å²) in [6, 6.07) is 15.3. The molecule has 3 aliphatic carbocycles. The SMILES string of the molecule is C[C@]12CC=C3C=C4CC[C@H](N5C[C@H](O)C[C@H]5C(=O)O)C[C@]45CC[C@]3(O5)[C@@H]1CC[C@@H]2c1ccc2ccccc2c1. The van der Waals surface area contributed by atoms with Gasteiger partial charge in [0.1, 0.15) is 6.04 Å². The van der Waals surface area contributed by atoms with Gasteiger partial charge >= 0.3 is 5.97 Å². The fourth-order valence-electron chi connectivity index (χ4n) is 10.1. The zero-order valence-corrected chi connectivity index (χ0v) is 22.8. The predicted octanol–water partition coefficient (Wildman–Crippen LogP) is 5.97. The molecule has 3 aliphatic heterocycles. The maximum Gasteiger partial charge on any atom is 0.321 e. The average molecular weight is 526 g/mol. The van der Waals surface area contributed by atoms with Gasteiger partial charge in [0.05, 0.1) is 17.3 Å². The van der Waals surface area contributed by atoms with Crippen molar-refractivity contribution < 1.29 is 19.7 Å². The summed E-state index contributed by atoms with van der Waals surface area (Å²) in [6.45, 7) is 2.98. The molecule has 2 aromatic carbocycles. The molecule has 2 saturated carbocycles. The summed E-state index contributed by atoms with van der Waals surface area (Å²) < 4.78 is 7.45. The normalized spacial score (nSPS) is 43.0. The summed E-state index contributed by atoms with van der Waals surface area (Å²) >= 11 is 0. The van der Waals surface area contributed by atoms with Crippen molar-refractivity contribution in [2.45, 2.75) is 100 Å². The van der Waals surface area contributed by atoms with E-state index in [1.807, 2.05) is 0 Å². The molecule has 5 heteroatoms. The first kappa shape index (κ1) is 24.3. The van der Waals surface area contributed by atoms with Crippen LogP contribution in [0.1, 0.15) is 76.2 Å². The molecule has 2 N–H and O–H groups in total. The third kappa shape index (κ3) is 3.33. The van der Waals surface area contributed by atoms with Crippen molar-refractivity contribution in [3.05, 3.63) is 71.3 Å². The van der Waals surface area contributed by atoms with E-state index in [1.165, 1.54) is 40.3 Å². The van der Waals surface area contributed by atoms with Gasteiger partial charge in [-0.2, -0.15) is 0 Å². The van der Waals surface area contributed by atoms with E-state index < -0.39 is 18.1 Å². The largest absolute Gasteiger partial charge is 0.480 e. The number of ether oxygens (including phenoxy) is 1. The van der Waals surface area contributed by atoms with Crippen LogP contribution in [0.2, 0.25) is 0 Å². The number of rotatable bonds is 3. The number of carbonyl (C=O) groups is 1. The summed E-state index contributed by atoms with van der Waals surface area (Å²) in [5.41, 5.74) is 3.97. The van der Waals surface area contributed by atoms with Crippen molar-refractivity contribution in [2.24, 2.45) is 11.3 Å². The van der Waals surface area contributed by atoms with Gasteiger partial charge in [0.15, 0.2) is 0 Å². The minimum Gasteiger partial charge on any atom is -0.480 e. The van der Waals surface area contributed by atoms with Gasteiger partial charge in [-0.05, 0) is 96.1 Å². The third-order valence-corrected chi connectivity index (χ3v) is 11.9. The van der Waals surface area contributed by atoms with Crippen LogP contribution in [0, 0.1) is 11.3 Å². The number of β-amino-alcohol motifs (C(OH)–C–C–N with tert-alkyl or cyclic N) is 1. The Morgan fingerprint density at radius 2 is 1.92 bits per heavy atom. The van der Waals surface area contributed by atoms with Crippen molar-refractivity contribution in [1.82, 2.24) is 4.90 Å². The second kappa shape index (κ2) is 8.28. The second-order valence-electron chi connectivity index (χ2n) is 13.7. The Hall–Kier alpha value is -2.47. The first-order valence-electron chi connectivity index (χ1n) is 15.1. The van der Waals surface area contributed by atoms with Crippen LogP contribution in [0.15, 0.2) is 65.8 Å². The van der Waals surface area contributed by atoms with E-state index in [2.05, 4.69) is 66.4 Å². The molecule has 204 valence electrons. The summed E-state index contributed by atoms with van der Waals surface area (Å²) in [7, 11) is 0. The van der Waals surface area contributed by atoms with Crippen LogP contribution in [0.5, 0.6) is 0 Å². The lowest BCUT2D eigenvalue weighted by Gasteiger charge is -2.55. The Balaban J connectivity index is 1.12. The maximum absolute atomic E-state index is 12.0. The molecule has 8 atom stereocenters. The summed E-state index contributed by atoms with van der Waals surface area (Å²) in [5.74, 6) is 0.197. The molecule has 2 aromatic rings. The molecule has 39 heavy (non-hydrogen) atoms. The van der Waals surface area contributed by atoms with Crippen LogP contribution in [-0.4, -0.2) is 57.0 Å². The monoisotopic (exact) mass is 525 g/mol. The number of hydrogen-bond acceptors (Lipinski definition) is 4. The van der Waals surface area contributed by atoms with Gasteiger partial charge in [-0.15, -0.1) is 0 Å². The van der Waals surface area contributed by atoms with Crippen molar-refractivity contribution in [1.29, 1.82) is 0 Å². The maximum atomic E-state index is 12.0. The molecule has 8 rings (SSSR count). The van der Waals surface area contributed by atoms with E-state index in [1.54, 1.807) is 0 Å². The number of likely N-dealkylation sites (tertiary alicyclic amines) is 1. The Morgan fingerprint density at radius 1 is 1.08 bits per heavy atom. The van der Waals surface area contributed by atoms with Gasteiger partial charge in [-0.1, -0.05) is 61.5 Å². The number of aliphatic carboxylic acids is 1. The first-order valence-corrected chi connectivity index (χ1v) is 15.1. The van der Waals surface area contributed by atoms with Gasteiger partial charge in [0, 0.05) is 19.0 Å². The van der Waals surface area contributed by atoms with E-state index in [0.717, 1.165) is 38.5 Å². The van der Waals surface area contributed by atoms with Crippen LogP contribution in [-0.2, 0) is 9.53 Å². The molecule has 0 unspecified atom stereocenters. The quantitative estimate of drug-likeness (QED) is 0.517. The minimum absolute atomic E-state index is 0.144. The van der Waals surface area contributed by atoms with Crippen LogP contribution in [0.4, 0.5) is 0 Å². The lowest BCUT2D eigenvalue weighted by molar-refractivity contribution is -0.150. The highest BCUT2D eigenvalue weighted by Crippen LogP contribution is 2.69. The number of aliphatic hydroxyl groups excluding tert-OH is 1. The molecule has 0 aromatic heterocycles. The highest BCUT2D eigenvalue weighted by molar-refractivity contribution is 5.83. The molecule has 0 amide bonds. The molecule has 3 heterocycles. The van der Waals surface area contributed by atoms with Crippen LogP contribution in [0.3, 0.4) is 0 Å². The van der Waals surface area contributed by atoms with Gasteiger partial charge < -0.3 is 14.9 Å². The Kier molecular flexibility index (Phi) is 5.17. The standard InChI is InChI=1S/C34H39NO4/c1-32-13-12-25-17-24-8-9-26(35-20-27(36)18-29(35)31(37)38)19-33(24)14-15-34(25,39-33)30(32)11-10-28(32)23-7-6-21-4-2-3-5-22(21)16-23/h2-7,12,16-17,26-30,36H,8-11,13-15,18-20H2,1H3,(H,37,38)/t26-,27+,28+,29-,30+,32+,33+,34+/m0/s1. The number of fused-ring (bicyclic) bond motifs is 2. The number of allylic oxidation sites excluding steroid dienone is 1. The lowest BCUT2D eigenvalue weighted by atomic mass is 9.58. The Labute approximate surface area is 230 Å². The van der Waals surface area contributed by atoms with Gasteiger partial charge in [0.25, 0.3) is 0 Å². The van der Waals surface area contributed by atoms with E-state index in [-0.39, 0.29) is 22.7 Å². The molecule has 0 radical (unpaired) electrons. The van der Waals surface area contributed by atoms with Crippen LogP contribution in [0.25, 0.3) is 10.8 Å².